The van der Waals surface area contributed by atoms with Crippen LogP contribution in [0.4, 0.5) is 5.69 Å². The zero-order valence-corrected chi connectivity index (χ0v) is 17.9. The van der Waals surface area contributed by atoms with Crippen molar-refractivity contribution in [3.05, 3.63) is 89.3 Å². The number of hydrogen-bond acceptors (Lipinski definition) is 7. The minimum absolute atomic E-state index is 0.0669. The number of carbonyl (C=O) groups excluding carboxylic acids is 2. The highest BCUT2D eigenvalue weighted by Crippen LogP contribution is 2.44. The van der Waals surface area contributed by atoms with E-state index in [0.717, 1.165) is 0 Å². The molecular weight excluding hydrogens is 422 g/mol. The Morgan fingerprint density at radius 1 is 1.00 bits per heavy atom. The maximum absolute atomic E-state index is 13.2. The zero-order valence-electron chi connectivity index (χ0n) is 17.9. The highest BCUT2D eigenvalue weighted by Gasteiger charge is 2.47. The number of Topliss-reactive ketones (excluding diaryl/α,β-unsaturated/α-hetero) is 1. The van der Waals surface area contributed by atoms with Gasteiger partial charge in [0.05, 0.1) is 37.5 Å². The van der Waals surface area contributed by atoms with Gasteiger partial charge in [-0.2, -0.15) is 5.26 Å². The van der Waals surface area contributed by atoms with Crippen molar-refractivity contribution in [2.75, 3.05) is 19.1 Å². The normalized spacial score (nSPS) is 17.0. The van der Waals surface area contributed by atoms with E-state index in [-0.39, 0.29) is 11.3 Å². The standard InChI is InChI=1S/C25H19N3O5/c1-32-19-8-5-17(13-20(19)33-2)22-21(23(29)16-9-11-27-12-10-16)24(30)25(31)28(22)18-6-3-15(14-26)4-7-18/h3-13,22,29H,1-2H3/b23-21-. The van der Waals surface area contributed by atoms with Crippen LogP contribution in [0.15, 0.2) is 72.6 Å². The summed E-state index contributed by atoms with van der Waals surface area (Å²) in [6.45, 7) is 0. The molecule has 2 heterocycles. The van der Waals surface area contributed by atoms with Crippen LogP contribution in [0.1, 0.15) is 22.7 Å². The number of ketones is 1. The summed E-state index contributed by atoms with van der Waals surface area (Å²) in [7, 11) is 2.99. The predicted octanol–water partition coefficient (Wildman–Crippen LogP) is 3.60. The molecule has 1 aliphatic heterocycles. The Balaban J connectivity index is 1.96. The molecule has 3 aromatic rings. The molecule has 33 heavy (non-hydrogen) atoms. The molecular formula is C25H19N3O5. The Morgan fingerprint density at radius 3 is 2.27 bits per heavy atom. The molecule has 1 amide bonds. The number of rotatable bonds is 5. The number of benzene rings is 2. The van der Waals surface area contributed by atoms with E-state index in [4.69, 9.17) is 14.7 Å². The molecule has 0 radical (unpaired) electrons. The summed E-state index contributed by atoms with van der Waals surface area (Å²) in [4.78, 5) is 31.6. The molecule has 0 bridgehead atoms. The largest absolute Gasteiger partial charge is 0.507 e. The van der Waals surface area contributed by atoms with E-state index < -0.39 is 17.7 Å². The molecule has 1 unspecified atom stereocenters. The van der Waals surface area contributed by atoms with Gasteiger partial charge in [-0.15, -0.1) is 0 Å². The fourth-order valence-corrected chi connectivity index (χ4v) is 3.80. The molecule has 4 rings (SSSR count). The van der Waals surface area contributed by atoms with Gasteiger partial charge in [0.15, 0.2) is 11.5 Å². The fraction of sp³-hybridized carbons (Fsp3) is 0.120. The summed E-state index contributed by atoms with van der Waals surface area (Å²) in [6.07, 6.45) is 2.97. The molecule has 0 saturated carbocycles. The van der Waals surface area contributed by atoms with Gasteiger partial charge in [-0.05, 0) is 54.1 Å². The van der Waals surface area contributed by atoms with Crippen LogP contribution in [0.2, 0.25) is 0 Å². The van der Waals surface area contributed by atoms with E-state index >= 15 is 0 Å². The van der Waals surface area contributed by atoms with Gasteiger partial charge >= 0.3 is 0 Å². The maximum Gasteiger partial charge on any atom is 0.300 e. The van der Waals surface area contributed by atoms with E-state index in [1.165, 1.54) is 31.5 Å². The zero-order chi connectivity index (χ0) is 23.5. The highest BCUT2D eigenvalue weighted by atomic mass is 16.5. The molecule has 1 N–H and O–H groups in total. The molecule has 8 nitrogen and oxygen atoms in total. The van der Waals surface area contributed by atoms with Gasteiger partial charge in [0.2, 0.25) is 0 Å². The van der Waals surface area contributed by atoms with Crippen molar-refractivity contribution in [1.29, 1.82) is 5.26 Å². The number of amides is 1. The van der Waals surface area contributed by atoms with Crippen molar-refractivity contribution in [3.63, 3.8) is 0 Å². The van der Waals surface area contributed by atoms with Crippen molar-refractivity contribution in [2.24, 2.45) is 0 Å². The third-order valence-corrected chi connectivity index (χ3v) is 5.40. The lowest BCUT2D eigenvalue weighted by Gasteiger charge is -2.26. The smallest absolute Gasteiger partial charge is 0.300 e. The highest BCUT2D eigenvalue weighted by molar-refractivity contribution is 6.51. The van der Waals surface area contributed by atoms with Gasteiger partial charge in [-0.3, -0.25) is 19.5 Å². The third kappa shape index (κ3) is 3.77. The lowest BCUT2D eigenvalue weighted by atomic mass is 9.95. The van der Waals surface area contributed by atoms with Crippen molar-refractivity contribution in [1.82, 2.24) is 4.98 Å². The van der Waals surface area contributed by atoms with E-state index in [1.807, 2.05) is 6.07 Å². The van der Waals surface area contributed by atoms with Crippen LogP contribution in [-0.4, -0.2) is 36.0 Å². The molecule has 0 spiro atoms. The lowest BCUT2D eigenvalue weighted by molar-refractivity contribution is -0.132. The topological polar surface area (TPSA) is 113 Å². The monoisotopic (exact) mass is 441 g/mol. The fourth-order valence-electron chi connectivity index (χ4n) is 3.80. The summed E-state index contributed by atoms with van der Waals surface area (Å²) in [6, 6.07) is 15.5. The Labute approximate surface area is 189 Å². The van der Waals surface area contributed by atoms with E-state index in [2.05, 4.69) is 4.98 Å². The number of carbonyl (C=O) groups is 2. The Kier molecular flexibility index (Phi) is 5.79. The number of ether oxygens (including phenoxy) is 2. The first-order chi connectivity index (χ1) is 16.0. The number of aliphatic hydroxyl groups is 1. The number of nitriles is 1. The minimum atomic E-state index is -0.939. The molecule has 8 heteroatoms. The van der Waals surface area contributed by atoms with Crippen molar-refractivity contribution in [2.45, 2.75) is 6.04 Å². The van der Waals surface area contributed by atoms with Gasteiger partial charge in [-0.25, -0.2) is 0 Å². The van der Waals surface area contributed by atoms with Crippen molar-refractivity contribution >= 4 is 23.1 Å². The van der Waals surface area contributed by atoms with E-state index in [0.29, 0.717) is 33.9 Å². The number of anilines is 1. The number of nitrogens with zero attached hydrogens (tertiary/aromatic N) is 3. The van der Waals surface area contributed by atoms with Gasteiger partial charge in [0.1, 0.15) is 5.76 Å². The molecule has 1 atom stereocenters. The molecule has 1 aromatic heterocycles. The Bertz CT molecular complexity index is 1290. The molecule has 0 aliphatic carbocycles. The molecule has 1 saturated heterocycles. The van der Waals surface area contributed by atoms with Crippen LogP contribution >= 0.6 is 0 Å². The lowest BCUT2D eigenvalue weighted by Crippen LogP contribution is -2.29. The first kappa shape index (κ1) is 21.6. The van der Waals surface area contributed by atoms with Crippen LogP contribution in [0, 0.1) is 11.3 Å². The van der Waals surface area contributed by atoms with Crippen LogP contribution in [-0.2, 0) is 9.59 Å². The predicted molar refractivity (Wildman–Crippen MR) is 120 cm³/mol. The summed E-state index contributed by atoms with van der Waals surface area (Å²) < 4.78 is 10.7. The summed E-state index contributed by atoms with van der Waals surface area (Å²) >= 11 is 0. The second-order valence-corrected chi connectivity index (χ2v) is 7.18. The Hall–Kier alpha value is -4.64. The van der Waals surface area contributed by atoms with Gasteiger partial charge < -0.3 is 14.6 Å². The van der Waals surface area contributed by atoms with Crippen molar-refractivity contribution < 1.29 is 24.2 Å². The van der Waals surface area contributed by atoms with Crippen LogP contribution in [0.3, 0.4) is 0 Å². The van der Waals surface area contributed by atoms with Crippen molar-refractivity contribution in [3.8, 4) is 17.6 Å². The minimum Gasteiger partial charge on any atom is -0.507 e. The second-order valence-electron chi connectivity index (χ2n) is 7.18. The average molecular weight is 441 g/mol. The van der Waals surface area contributed by atoms with E-state index in [1.54, 1.807) is 54.6 Å². The Morgan fingerprint density at radius 2 is 1.67 bits per heavy atom. The molecule has 2 aromatic carbocycles. The summed E-state index contributed by atoms with van der Waals surface area (Å²) in [5, 5.41) is 20.2. The number of methoxy groups -OCH3 is 2. The van der Waals surface area contributed by atoms with Crippen LogP contribution in [0.5, 0.6) is 11.5 Å². The quantitative estimate of drug-likeness (QED) is 0.366. The number of aliphatic hydroxyl groups excluding tert-OH is 1. The molecule has 1 aliphatic rings. The first-order valence-electron chi connectivity index (χ1n) is 9.93. The van der Waals surface area contributed by atoms with Gasteiger partial charge in [0, 0.05) is 23.6 Å². The number of aromatic nitrogens is 1. The SMILES string of the molecule is COc1ccc(C2/C(=C(/O)c3ccncc3)C(=O)C(=O)N2c2ccc(C#N)cc2)cc1OC. The summed E-state index contributed by atoms with van der Waals surface area (Å²) in [5.41, 5.74) is 1.64. The second kappa shape index (κ2) is 8.85. The number of pyridine rings is 1. The molecule has 1 fully saturated rings. The maximum atomic E-state index is 13.2. The average Bonchev–Trinajstić information content (AvgIpc) is 3.13. The summed E-state index contributed by atoms with van der Waals surface area (Å²) in [5.74, 6) is -1.05. The van der Waals surface area contributed by atoms with Gasteiger partial charge in [-0.1, -0.05) is 6.07 Å². The van der Waals surface area contributed by atoms with Gasteiger partial charge in [0.25, 0.3) is 11.7 Å². The van der Waals surface area contributed by atoms with Crippen LogP contribution in [0.25, 0.3) is 5.76 Å². The van der Waals surface area contributed by atoms with Crippen LogP contribution < -0.4 is 14.4 Å². The van der Waals surface area contributed by atoms with E-state index in [9.17, 15) is 14.7 Å². The first-order valence-corrected chi connectivity index (χ1v) is 9.93. The third-order valence-electron chi connectivity index (χ3n) is 5.40. The molecule has 164 valence electrons. The number of hydrogen-bond donors (Lipinski definition) is 1.